The number of hydrogen-bond donors (Lipinski definition) is 1. The number of rotatable bonds is 5. The molecular weight excluding hydrogens is 338 g/mol. The number of fused-ring (bicyclic) bond motifs is 2. The maximum absolute atomic E-state index is 12.2. The van der Waals surface area contributed by atoms with Crippen LogP contribution in [0.25, 0.3) is 10.9 Å². The summed E-state index contributed by atoms with van der Waals surface area (Å²) in [5.74, 6) is -0.0931. The molecular formula is C21H27N5O. The lowest BCUT2D eigenvalue weighted by atomic mass is 10.1. The minimum Gasteiger partial charge on any atom is -0.348 e. The van der Waals surface area contributed by atoms with Crippen molar-refractivity contribution in [1.82, 2.24) is 24.6 Å². The van der Waals surface area contributed by atoms with Gasteiger partial charge in [0, 0.05) is 49.3 Å². The van der Waals surface area contributed by atoms with Crippen molar-refractivity contribution in [3.05, 3.63) is 53.5 Å². The average Bonchev–Trinajstić information content (AvgIpc) is 3.23. The summed E-state index contributed by atoms with van der Waals surface area (Å²) in [7, 11) is 0. The molecule has 0 radical (unpaired) electrons. The van der Waals surface area contributed by atoms with Gasteiger partial charge in [0.05, 0.1) is 12.2 Å². The molecule has 4 rings (SSSR count). The number of nitrogens with one attached hydrogen (secondary N) is 1. The zero-order valence-corrected chi connectivity index (χ0v) is 16.3. The molecule has 3 heterocycles. The fourth-order valence-electron chi connectivity index (χ4n) is 3.85. The Bertz CT molecular complexity index is 968. The number of para-hydroxylation sites is 1. The summed E-state index contributed by atoms with van der Waals surface area (Å²) < 4.78 is 4.29. The van der Waals surface area contributed by atoms with Crippen molar-refractivity contribution in [3.63, 3.8) is 0 Å². The molecule has 1 N–H and O–H groups in total. The van der Waals surface area contributed by atoms with Gasteiger partial charge >= 0.3 is 0 Å². The zero-order chi connectivity index (χ0) is 19.0. The van der Waals surface area contributed by atoms with Crippen LogP contribution < -0.4 is 5.32 Å². The van der Waals surface area contributed by atoms with E-state index in [1.807, 2.05) is 24.6 Å². The highest BCUT2D eigenvalue weighted by molar-refractivity contribution is 5.92. The highest BCUT2D eigenvalue weighted by Crippen LogP contribution is 2.24. The quantitative estimate of drug-likeness (QED) is 0.756. The van der Waals surface area contributed by atoms with Gasteiger partial charge in [-0.3, -0.25) is 14.4 Å². The van der Waals surface area contributed by atoms with Crippen molar-refractivity contribution in [1.29, 1.82) is 0 Å². The number of hydrogen-bond acceptors (Lipinski definition) is 3. The van der Waals surface area contributed by atoms with E-state index < -0.39 is 0 Å². The van der Waals surface area contributed by atoms with E-state index in [0.29, 0.717) is 5.69 Å². The van der Waals surface area contributed by atoms with Gasteiger partial charge in [-0.1, -0.05) is 18.2 Å². The normalized spacial score (nSPS) is 14.7. The lowest BCUT2D eigenvalue weighted by Crippen LogP contribution is -2.33. The number of benzene rings is 1. The Morgan fingerprint density at radius 3 is 2.85 bits per heavy atom. The van der Waals surface area contributed by atoms with Crippen LogP contribution in [0.5, 0.6) is 0 Å². The summed E-state index contributed by atoms with van der Waals surface area (Å²) in [4.78, 5) is 14.7. The first-order valence-electron chi connectivity index (χ1n) is 9.72. The van der Waals surface area contributed by atoms with E-state index >= 15 is 0 Å². The highest BCUT2D eigenvalue weighted by atomic mass is 16.2. The molecule has 0 saturated heterocycles. The number of aromatic nitrogens is 3. The van der Waals surface area contributed by atoms with Crippen LogP contribution in [-0.2, 0) is 26.2 Å². The monoisotopic (exact) mass is 365 g/mol. The first-order valence-corrected chi connectivity index (χ1v) is 9.72. The third-order valence-electron chi connectivity index (χ3n) is 5.14. The Balaban J connectivity index is 1.52. The summed E-state index contributed by atoms with van der Waals surface area (Å²) in [6.07, 6.45) is 2.28. The van der Waals surface area contributed by atoms with Crippen molar-refractivity contribution < 1.29 is 4.79 Å². The standard InChI is InChI=1S/C21H27N5O/c1-4-25-13-16(18-7-5-6-8-20(18)25)12-24-9-10-26-17(14-24)11-19(23-26)21(27)22-15(2)3/h5-8,11,13,15H,4,9-10,12,14H2,1-3H3,(H,22,27). The van der Waals surface area contributed by atoms with E-state index in [-0.39, 0.29) is 11.9 Å². The molecule has 1 amide bonds. The van der Waals surface area contributed by atoms with Crippen LogP contribution in [0.2, 0.25) is 0 Å². The largest absolute Gasteiger partial charge is 0.348 e. The van der Waals surface area contributed by atoms with Crippen LogP contribution in [0.4, 0.5) is 0 Å². The topological polar surface area (TPSA) is 55.1 Å². The van der Waals surface area contributed by atoms with Gasteiger partial charge in [-0.2, -0.15) is 5.10 Å². The van der Waals surface area contributed by atoms with Gasteiger partial charge < -0.3 is 9.88 Å². The van der Waals surface area contributed by atoms with Crippen molar-refractivity contribution in [2.75, 3.05) is 6.54 Å². The summed E-state index contributed by atoms with van der Waals surface area (Å²) in [5.41, 5.74) is 4.28. The highest BCUT2D eigenvalue weighted by Gasteiger charge is 2.22. The van der Waals surface area contributed by atoms with Gasteiger partial charge in [-0.25, -0.2) is 0 Å². The smallest absolute Gasteiger partial charge is 0.271 e. The first-order chi connectivity index (χ1) is 13.0. The van der Waals surface area contributed by atoms with E-state index in [0.717, 1.165) is 38.4 Å². The predicted molar refractivity (Wildman–Crippen MR) is 107 cm³/mol. The molecule has 0 fully saturated rings. The van der Waals surface area contributed by atoms with Gasteiger partial charge in [0.1, 0.15) is 0 Å². The number of carbonyl (C=O) groups is 1. The molecule has 0 atom stereocenters. The van der Waals surface area contributed by atoms with Gasteiger partial charge in [0.2, 0.25) is 0 Å². The van der Waals surface area contributed by atoms with Crippen molar-refractivity contribution in [2.24, 2.45) is 0 Å². The van der Waals surface area contributed by atoms with Crippen molar-refractivity contribution in [2.45, 2.75) is 53.0 Å². The second kappa shape index (κ2) is 7.19. The summed E-state index contributed by atoms with van der Waals surface area (Å²) in [6, 6.07) is 10.6. The Labute approximate surface area is 159 Å². The van der Waals surface area contributed by atoms with Crippen LogP contribution in [0, 0.1) is 0 Å². The number of carbonyl (C=O) groups excluding carboxylic acids is 1. The molecule has 0 bridgehead atoms. The molecule has 6 heteroatoms. The molecule has 1 aliphatic heterocycles. The molecule has 3 aromatic rings. The molecule has 0 unspecified atom stereocenters. The maximum atomic E-state index is 12.2. The minimum absolute atomic E-state index is 0.0931. The summed E-state index contributed by atoms with van der Waals surface area (Å²) >= 11 is 0. The molecule has 27 heavy (non-hydrogen) atoms. The maximum Gasteiger partial charge on any atom is 0.271 e. The second-order valence-electron chi connectivity index (χ2n) is 7.54. The van der Waals surface area contributed by atoms with Crippen LogP contribution in [0.1, 0.15) is 42.5 Å². The molecule has 142 valence electrons. The number of aryl methyl sites for hydroxylation is 1. The van der Waals surface area contributed by atoms with Crippen LogP contribution >= 0.6 is 0 Å². The molecule has 2 aromatic heterocycles. The van der Waals surface area contributed by atoms with E-state index in [9.17, 15) is 4.79 Å². The fourth-order valence-corrected chi connectivity index (χ4v) is 3.85. The van der Waals surface area contributed by atoms with Crippen LogP contribution in [0.15, 0.2) is 36.5 Å². The Kier molecular flexibility index (Phi) is 4.74. The lowest BCUT2D eigenvalue weighted by Gasteiger charge is -2.27. The Morgan fingerprint density at radius 1 is 1.26 bits per heavy atom. The van der Waals surface area contributed by atoms with Gasteiger partial charge in [0.15, 0.2) is 5.69 Å². The van der Waals surface area contributed by atoms with E-state index in [4.69, 9.17) is 0 Å². The van der Waals surface area contributed by atoms with Crippen LogP contribution in [-0.4, -0.2) is 37.7 Å². The number of amides is 1. The second-order valence-corrected chi connectivity index (χ2v) is 7.54. The molecule has 6 nitrogen and oxygen atoms in total. The average molecular weight is 365 g/mol. The third-order valence-corrected chi connectivity index (χ3v) is 5.14. The first kappa shape index (κ1) is 17.8. The van der Waals surface area contributed by atoms with E-state index in [2.05, 4.69) is 57.3 Å². The molecule has 1 aliphatic rings. The van der Waals surface area contributed by atoms with E-state index in [1.165, 1.54) is 16.5 Å². The molecule has 0 spiro atoms. The van der Waals surface area contributed by atoms with Crippen molar-refractivity contribution >= 4 is 16.8 Å². The predicted octanol–water partition coefficient (Wildman–Crippen LogP) is 3.01. The Morgan fingerprint density at radius 2 is 2.07 bits per heavy atom. The van der Waals surface area contributed by atoms with Gasteiger partial charge in [0.25, 0.3) is 5.91 Å². The van der Waals surface area contributed by atoms with Gasteiger partial charge in [-0.05, 0) is 38.5 Å². The lowest BCUT2D eigenvalue weighted by molar-refractivity contribution is 0.0937. The van der Waals surface area contributed by atoms with Gasteiger partial charge in [-0.15, -0.1) is 0 Å². The van der Waals surface area contributed by atoms with Crippen molar-refractivity contribution in [3.8, 4) is 0 Å². The fraction of sp³-hybridized carbons (Fsp3) is 0.429. The molecule has 0 saturated carbocycles. The molecule has 0 aliphatic carbocycles. The minimum atomic E-state index is -0.0931. The van der Waals surface area contributed by atoms with Crippen LogP contribution in [0.3, 0.4) is 0 Å². The van der Waals surface area contributed by atoms with E-state index in [1.54, 1.807) is 0 Å². The molecule has 1 aromatic carbocycles. The summed E-state index contributed by atoms with van der Waals surface area (Å²) in [5, 5.41) is 8.73. The zero-order valence-electron chi connectivity index (χ0n) is 16.3. The summed E-state index contributed by atoms with van der Waals surface area (Å²) in [6.45, 7) is 10.5. The third kappa shape index (κ3) is 3.49. The Hall–Kier alpha value is -2.60. The SMILES string of the molecule is CCn1cc(CN2CCn3nc(C(=O)NC(C)C)cc3C2)c2ccccc21. The number of nitrogens with zero attached hydrogens (tertiary/aromatic N) is 4.